The smallest absolute Gasteiger partial charge is 0.273 e. The molecule has 0 bridgehead atoms. The summed E-state index contributed by atoms with van der Waals surface area (Å²) in [6, 6.07) is 3.47. The standard InChI is InChI=1S/C19H23N5O3/c1-11-14(21-12(2)16(11)19(26)20-7-8-24(3)4)10-13-17(22-23-18(13)25)15-6-5-9-27-15/h5-6,9-10,21H,7-8H2,1-4H3,(H,20,26)(H,23,25). The maximum absolute atomic E-state index is 12.5. The summed E-state index contributed by atoms with van der Waals surface area (Å²) in [4.78, 5) is 29.9. The lowest BCUT2D eigenvalue weighted by molar-refractivity contribution is -0.116. The first-order chi connectivity index (χ1) is 12.9. The highest BCUT2D eigenvalue weighted by Crippen LogP contribution is 2.23. The highest BCUT2D eigenvalue weighted by molar-refractivity contribution is 6.32. The van der Waals surface area contributed by atoms with Crippen LogP contribution in [0.25, 0.3) is 6.08 Å². The summed E-state index contributed by atoms with van der Waals surface area (Å²) in [5, 5.41) is 6.96. The van der Waals surface area contributed by atoms with E-state index in [1.54, 1.807) is 18.2 Å². The van der Waals surface area contributed by atoms with Crippen molar-refractivity contribution in [3.63, 3.8) is 0 Å². The van der Waals surface area contributed by atoms with Gasteiger partial charge in [0.25, 0.3) is 11.8 Å². The fraction of sp³-hybridized carbons (Fsp3) is 0.316. The van der Waals surface area contributed by atoms with Crippen molar-refractivity contribution < 1.29 is 14.0 Å². The molecular weight excluding hydrogens is 346 g/mol. The molecule has 2 aromatic rings. The topological polar surface area (TPSA) is 103 Å². The first-order valence-electron chi connectivity index (χ1n) is 8.64. The normalized spacial score (nSPS) is 15.4. The van der Waals surface area contributed by atoms with Gasteiger partial charge in [0.1, 0.15) is 5.71 Å². The number of aromatic amines is 1. The Morgan fingerprint density at radius 2 is 2.15 bits per heavy atom. The second-order valence-electron chi connectivity index (χ2n) is 6.66. The predicted molar refractivity (Wildman–Crippen MR) is 103 cm³/mol. The number of nitrogens with one attached hydrogen (secondary N) is 3. The molecule has 142 valence electrons. The van der Waals surface area contributed by atoms with E-state index in [4.69, 9.17) is 4.42 Å². The van der Waals surface area contributed by atoms with Gasteiger partial charge in [-0.25, -0.2) is 5.43 Å². The molecule has 0 atom stereocenters. The largest absolute Gasteiger partial charge is 0.463 e. The van der Waals surface area contributed by atoms with Crippen molar-refractivity contribution in [3.8, 4) is 0 Å². The molecule has 1 aliphatic heterocycles. The zero-order chi connectivity index (χ0) is 19.6. The second-order valence-corrected chi connectivity index (χ2v) is 6.66. The maximum Gasteiger partial charge on any atom is 0.273 e. The van der Waals surface area contributed by atoms with Crippen LogP contribution in [0.15, 0.2) is 33.5 Å². The van der Waals surface area contributed by atoms with E-state index in [0.29, 0.717) is 34.8 Å². The van der Waals surface area contributed by atoms with Gasteiger partial charge >= 0.3 is 0 Å². The van der Waals surface area contributed by atoms with Crippen LogP contribution in [0, 0.1) is 13.8 Å². The predicted octanol–water partition coefficient (Wildman–Crippen LogP) is 1.43. The van der Waals surface area contributed by atoms with Gasteiger partial charge in [-0.15, -0.1) is 0 Å². The minimum atomic E-state index is -0.315. The van der Waals surface area contributed by atoms with Gasteiger partial charge in [0.05, 0.1) is 17.4 Å². The summed E-state index contributed by atoms with van der Waals surface area (Å²) in [6.07, 6.45) is 3.22. The molecule has 0 aromatic carbocycles. The van der Waals surface area contributed by atoms with Crippen molar-refractivity contribution in [2.45, 2.75) is 13.8 Å². The minimum Gasteiger partial charge on any atom is -0.463 e. The highest BCUT2D eigenvalue weighted by atomic mass is 16.3. The molecular formula is C19H23N5O3. The fourth-order valence-electron chi connectivity index (χ4n) is 2.95. The van der Waals surface area contributed by atoms with Crippen LogP contribution in [0.5, 0.6) is 0 Å². The first kappa shape index (κ1) is 18.7. The van der Waals surface area contributed by atoms with Gasteiger partial charge in [-0.05, 0) is 51.7 Å². The Hall–Kier alpha value is -3.13. The molecule has 3 heterocycles. The van der Waals surface area contributed by atoms with Crippen LogP contribution in [-0.4, -0.2) is 54.6 Å². The Kier molecular flexibility index (Phi) is 5.27. The van der Waals surface area contributed by atoms with Crippen LogP contribution in [0.4, 0.5) is 0 Å². The fourth-order valence-corrected chi connectivity index (χ4v) is 2.95. The Morgan fingerprint density at radius 3 is 2.81 bits per heavy atom. The zero-order valence-corrected chi connectivity index (χ0v) is 15.8. The van der Waals surface area contributed by atoms with Crippen LogP contribution in [0.2, 0.25) is 0 Å². The number of hydrogen-bond donors (Lipinski definition) is 3. The van der Waals surface area contributed by atoms with E-state index < -0.39 is 0 Å². The van der Waals surface area contributed by atoms with Crippen molar-refractivity contribution in [3.05, 3.63) is 52.2 Å². The van der Waals surface area contributed by atoms with E-state index in [-0.39, 0.29) is 11.8 Å². The summed E-state index contributed by atoms with van der Waals surface area (Å²) in [7, 11) is 3.90. The lowest BCUT2D eigenvalue weighted by atomic mass is 10.0. The molecule has 0 saturated carbocycles. The summed E-state index contributed by atoms with van der Waals surface area (Å²) in [5.74, 6) is 0.0516. The van der Waals surface area contributed by atoms with E-state index in [1.807, 2.05) is 32.8 Å². The quantitative estimate of drug-likeness (QED) is 0.670. The van der Waals surface area contributed by atoms with E-state index in [9.17, 15) is 9.59 Å². The van der Waals surface area contributed by atoms with E-state index in [2.05, 4.69) is 20.8 Å². The van der Waals surface area contributed by atoms with Gasteiger partial charge in [0, 0.05) is 24.5 Å². The van der Waals surface area contributed by atoms with E-state index in [1.165, 1.54) is 6.26 Å². The van der Waals surface area contributed by atoms with Crippen molar-refractivity contribution in [2.24, 2.45) is 5.10 Å². The second kappa shape index (κ2) is 7.63. The molecule has 0 fully saturated rings. The number of aromatic nitrogens is 1. The third-order valence-corrected chi connectivity index (χ3v) is 4.36. The number of rotatable bonds is 6. The molecule has 0 saturated heterocycles. The van der Waals surface area contributed by atoms with Crippen LogP contribution < -0.4 is 10.7 Å². The number of H-pyrrole nitrogens is 1. The van der Waals surface area contributed by atoms with Crippen molar-refractivity contribution >= 4 is 23.6 Å². The minimum absolute atomic E-state index is 0.136. The molecule has 2 amide bonds. The Labute approximate surface area is 157 Å². The lowest BCUT2D eigenvalue weighted by Crippen LogP contribution is -2.31. The maximum atomic E-state index is 12.5. The number of hydrogen-bond acceptors (Lipinski definition) is 5. The summed E-state index contributed by atoms with van der Waals surface area (Å²) >= 11 is 0. The number of amides is 2. The van der Waals surface area contributed by atoms with Crippen LogP contribution in [0.1, 0.15) is 33.1 Å². The van der Waals surface area contributed by atoms with Crippen molar-refractivity contribution in [1.29, 1.82) is 0 Å². The Balaban J connectivity index is 1.88. The number of carbonyl (C=O) groups is 2. The van der Waals surface area contributed by atoms with E-state index in [0.717, 1.165) is 17.8 Å². The summed E-state index contributed by atoms with van der Waals surface area (Å²) < 4.78 is 5.35. The molecule has 1 aliphatic rings. The van der Waals surface area contributed by atoms with Gasteiger partial charge in [0.15, 0.2) is 5.76 Å². The number of hydrazone groups is 1. The third-order valence-electron chi connectivity index (χ3n) is 4.36. The monoisotopic (exact) mass is 369 g/mol. The van der Waals surface area contributed by atoms with Gasteiger partial charge in [-0.1, -0.05) is 0 Å². The lowest BCUT2D eigenvalue weighted by Gasteiger charge is -2.10. The Morgan fingerprint density at radius 1 is 1.37 bits per heavy atom. The first-order valence-corrected chi connectivity index (χ1v) is 8.64. The van der Waals surface area contributed by atoms with Crippen LogP contribution in [-0.2, 0) is 4.79 Å². The molecule has 27 heavy (non-hydrogen) atoms. The highest BCUT2D eigenvalue weighted by Gasteiger charge is 2.27. The summed E-state index contributed by atoms with van der Waals surface area (Å²) in [6.45, 7) is 5.01. The summed E-state index contributed by atoms with van der Waals surface area (Å²) in [5.41, 5.74) is 6.08. The number of furan rings is 1. The number of carbonyl (C=O) groups excluding carboxylic acids is 2. The molecule has 3 rings (SSSR count). The molecule has 0 aliphatic carbocycles. The van der Waals surface area contributed by atoms with Gasteiger partial charge < -0.3 is 19.6 Å². The number of likely N-dealkylation sites (N-methyl/N-ethyl adjacent to an activating group) is 1. The van der Waals surface area contributed by atoms with Gasteiger partial charge in [-0.2, -0.15) is 5.10 Å². The Bertz CT molecular complexity index is 920. The molecule has 2 aromatic heterocycles. The van der Waals surface area contributed by atoms with Crippen LogP contribution in [0.3, 0.4) is 0 Å². The number of nitrogens with zero attached hydrogens (tertiary/aromatic N) is 2. The van der Waals surface area contributed by atoms with Gasteiger partial charge in [-0.3, -0.25) is 9.59 Å². The van der Waals surface area contributed by atoms with E-state index >= 15 is 0 Å². The van der Waals surface area contributed by atoms with Gasteiger partial charge in [0.2, 0.25) is 0 Å². The number of aryl methyl sites for hydroxylation is 1. The molecule has 8 nitrogen and oxygen atoms in total. The molecule has 0 unspecified atom stereocenters. The molecule has 0 radical (unpaired) electrons. The SMILES string of the molecule is Cc1[nH]c(C=C2C(=O)NN=C2c2ccco2)c(C)c1C(=O)NCCN(C)C. The van der Waals surface area contributed by atoms with Crippen molar-refractivity contribution in [2.75, 3.05) is 27.2 Å². The average molecular weight is 369 g/mol. The molecule has 3 N–H and O–H groups in total. The van der Waals surface area contributed by atoms with Crippen molar-refractivity contribution in [1.82, 2.24) is 20.6 Å². The zero-order valence-electron chi connectivity index (χ0n) is 15.8. The molecule has 8 heteroatoms. The average Bonchev–Trinajstić information content (AvgIpc) is 3.30. The van der Waals surface area contributed by atoms with Crippen LogP contribution >= 0.6 is 0 Å². The third kappa shape index (κ3) is 3.85. The molecule has 0 spiro atoms.